The Morgan fingerprint density at radius 3 is 1.45 bits per heavy atom. The fraction of sp³-hybridized carbons (Fsp3) is 0.929. The number of rotatable bonds is 1. The fourth-order valence-corrected chi connectivity index (χ4v) is 4.63. The van der Waals surface area contributed by atoms with Crippen LogP contribution in [0.1, 0.15) is 120 Å². The molecule has 0 unspecified atom stereocenters. The van der Waals surface area contributed by atoms with Crippen LogP contribution in [0.2, 0.25) is 0 Å². The molecule has 0 aromatic heterocycles. The highest BCUT2D eigenvalue weighted by molar-refractivity contribution is 5.78. The number of nitrogens with zero attached hydrogens (tertiary/aromatic N) is 3. The Morgan fingerprint density at radius 1 is 0.667 bits per heavy atom. The second kappa shape index (κ2) is 13.1. The predicted molar refractivity (Wildman–Crippen MR) is 140 cm³/mol. The van der Waals surface area contributed by atoms with Crippen LogP contribution in [-0.4, -0.2) is 70.3 Å². The first kappa shape index (κ1) is 29.9. The van der Waals surface area contributed by atoms with E-state index < -0.39 is 0 Å². The molecule has 3 heterocycles. The van der Waals surface area contributed by atoms with Gasteiger partial charge in [0.25, 0.3) is 0 Å². The van der Waals surface area contributed by atoms with Crippen molar-refractivity contribution < 1.29 is 9.59 Å². The summed E-state index contributed by atoms with van der Waals surface area (Å²) in [4.78, 5) is 29.4. The van der Waals surface area contributed by atoms with Gasteiger partial charge in [0.1, 0.15) is 0 Å². The van der Waals surface area contributed by atoms with Crippen molar-refractivity contribution in [1.82, 2.24) is 14.7 Å². The molecule has 3 aliphatic rings. The molecule has 3 saturated heterocycles. The predicted octanol–water partition coefficient (Wildman–Crippen LogP) is 6.11. The largest absolute Gasteiger partial charge is 0.343 e. The second-order valence-corrected chi connectivity index (χ2v) is 13.2. The Morgan fingerprint density at radius 2 is 1.15 bits per heavy atom. The number of hydrogen-bond donors (Lipinski definition) is 0. The lowest BCUT2D eigenvalue weighted by molar-refractivity contribution is -0.134. The first-order valence-corrected chi connectivity index (χ1v) is 13.4. The van der Waals surface area contributed by atoms with Gasteiger partial charge in [-0.15, -0.1) is 0 Å². The highest BCUT2D eigenvalue weighted by atomic mass is 16.2. The highest BCUT2D eigenvalue weighted by Crippen LogP contribution is 2.22. The maximum absolute atomic E-state index is 11.7. The molecular formula is C28H55N3O2. The van der Waals surface area contributed by atoms with Crippen LogP contribution in [-0.2, 0) is 9.59 Å². The molecule has 194 valence electrons. The molecule has 0 radical (unpaired) electrons. The summed E-state index contributed by atoms with van der Waals surface area (Å²) >= 11 is 0. The smallest absolute Gasteiger partial charge is 0.223 e. The summed E-state index contributed by atoms with van der Waals surface area (Å²) in [7, 11) is 0. The summed E-state index contributed by atoms with van der Waals surface area (Å²) in [6.45, 7) is 25.0. The number of amides is 2. The Kier molecular flexibility index (Phi) is 11.9. The van der Waals surface area contributed by atoms with Crippen LogP contribution in [0, 0.1) is 5.41 Å². The van der Waals surface area contributed by atoms with E-state index >= 15 is 0 Å². The summed E-state index contributed by atoms with van der Waals surface area (Å²) in [6.07, 6.45) is 10.4. The Hall–Kier alpha value is -1.10. The van der Waals surface area contributed by atoms with E-state index in [1.165, 1.54) is 51.6 Å². The lowest BCUT2D eigenvalue weighted by Crippen LogP contribution is -2.44. The lowest BCUT2D eigenvalue weighted by atomic mass is 9.91. The Balaban J connectivity index is 0.000000251. The van der Waals surface area contributed by atoms with Gasteiger partial charge in [-0.2, -0.15) is 0 Å². The maximum Gasteiger partial charge on any atom is 0.223 e. The Labute approximate surface area is 205 Å². The number of hydrogen-bond acceptors (Lipinski definition) is 3. The SMILES string of the molecule is CC(C)(C)CC(=O)N1CCCCC1.CC(C)(C)N1CCCC1=O.CC(C)(C)N1CCCCC1. The molecule has 33 heavy (non-hydrogen) atoms. The number of piperidine rings is 2. The molecule has 0 aliphatic carbocycles. The molecule has 0 saturated carbocycles. The molecular weight excluding hydrogens is 410 g/mol. The van der Waals surface area contributed by atoms with Gasteiger partial charge in [-0.05, 0) is 98.6 Å². The fourth-order valence-electron chi connectivity index (χ4n) is 4.63. The van der Waals surface area contributed by atoms with E-state index in [0.29, 0.717) is 23.8 Å². The standard InChI is InChI=1S/C11H21NO.C9H19N.C8H15NO/c1-11(2,3)9-10(13)12-7-5-4-6-8-12;1-9(2,3)10-7-5-4-6-8-10;1-8(2,3)9-6-4-5-7(9)10/h4-9H2,1-3H3;4-8H2,1-3H3;4-6H2,1-3H3. The first-order valence-electron chi connectivity index (χ1n) is 13.4. The number of carbonyl (C=O) groups is 2. The van der Waals surface area contributed by atoms with Crippen molar-refractivity contribution in [3.05, 3.63) is 0 Å². The van der Waals surface area contributed by atoms with Crippen molar-refractivity contribution in [2.24, 2.45) is 5.41 Å². The van der Waals surface area contributed by atoms with Crippen LogP contribution < -0.4 is 0 Å². The van der Waals surface area contributed by atoms with Crippen LogP contribution in [0.15, 0.2) is 0 Å². The van der Waals surface area contributed by atoms with Crippen molar-refractivity contribution in [1.29, 1.82) is 0 Å². The van der Waals surface area contributed by atoms with E-state index in [1.807, 2.05) is 9.80 Å². The Bertz CT molecular complexity index is 584. The van der Waals surface area contributed by atoms with Gasteiger partial charge in [0.15, 0.2) is 0 Å². The van der Waals surface area contributed by atoms with E-state index in [4.69, 9.17) is 0 Å². The van der Waals surface area contributed by atoms with Crippen LogP contribution in [0.25, 0.3) is 0 Å². The quantitative estimate of drug-likeness (QED) is 0.469. The zero-order valence-corrected chi connectivity index (χ0v) is 23.6. The van der Waals surface area contributed by atoms with Gasteiger partial charge in [0, 0.05) is 43.6 Å². The summed E-state index contributed by atoms with van der Waals surface area (Å²) in [6, 6.07) is 0. The van der Waals surface area contributed by atoms with Gasteiger partial charge in [-0.1, -0.05) is 27.2 Å². The van der Waals surface area contributed by atoms with Crippen molar-refractivity contribution in [3.8, 4) is 0 Å². The summed E-state index contributed by atoms with van der Waals surface area (Å²) in [5, 5.41) is 0. The van der Waals surface area contributed by atoms with Gasteiger partial charge >= 0.3 is 0 Å². The van der Waals surface area contributed by atoms with Crippen LogP contribution in [0.3, 0.4) is 0 Å². The minimum absolute atomic E-state index is 0.0353. The molecule has 3 fully saturated rings. The molecule has 3 rings (SSSR count). The van der Waals surface area contributed by atoms with E-state index in [9.17, 15) is 9.59 Å². The van der Waals surface area contributed by atoms with Gasteiger partial charge < -0.3 is 9.80 Å². The zero-order chi connectivity index (χ0) is 25.3. The molecule has 0 spiro atoms. The van der Waals surface area contributed by atoms with E-state index in [2.05, 4.69) is 67.2 Å². The van der Waals surface area contributed by atoms with Crippen LogP contribution >= 0.6 is 0 Å². The van der Waals surface area contributed by atoms with Crippen molar-refractivity contribution >= 4 is 11.8 Å². The molecule has 3 aliphatic heterocycles. The summed E-state index contributed by atoms with van der Waals surface area (Å²) in [5.74, 6) is 0.653. The average Bonchev–Trinajstić information content (AvgIpc) is 3.15. The number of likely N-dealkylation sites (tertiary alicyclic amines) is 3. The highest BCUT2D eigenvalue weighted by Gasteiger charge is 2.29. The molecule has 2 amide bonds. The molecule has 0 N–H and O–H groups in total. The van der Waals surface area contributed by atoms with E-state index in [0.717, 1.165) is 32.5 Å². The van der Waals surface area contributed by atoms with Crippen molar-refractivity contribution in [3.63, 3.8) is 0 Å². The third-order valence-electron chi connectivity index (χ3n) is 6.58. The topological polar surface area (TPSA) is 43.9 Å². The lowest BCUT2D eigenvalue weighted by Gasteiger charge is -2.38. The van der Waals surface area contributed by atoms with Crippen molar-refractivity contribution in [2.45, 2.75) is 131 Å². The maximum atomic E-state index is 11.7. The van der Waals surface area contributed by atoms with Crippen LogP contribution in [0.5, 0.6) is 0 Å². The molecule has 0 aromatic rings. The van der Waals surface area contributed by atoms with Gasteiger partial charge in [0.2, 0.25) is 11.8 Å². The third kappa shape index (κ3) is 12.2. The zero-order valence-electron chi connectivity index (χ0n) is 23.6. The van der Waals surface area contributed by atoms with Gasteiger partial charge in [-0.25, -0.2) is 0 Å². The van der Waals surface area contributed by atoms with E-state index in [1.54, 1.807) is 0 Å². The number of carbonyl (C=O) groups excluding carboxylic acids is 2. The molecule has 5 nitrogen and oxygen atoms in total. The molecule has 0 bridgehead atoms. The minimum atomic E-state index is 0.0353. The summed E-state index contributed by atoms with van der Waals surface area (Å²) in [5.41, 5.74) is 0.572. The van der Waals surface area contributed by atoms with E-state index in [-0.39, 0.29) is 11.0 Å². The van der Waals surface area contributed by atoms with Gasteiger partial charge in [-0.3, -0.25) is 14.5 Å². The monoisotopic (exact) mass is 465 g/mol. The molecule has 5 heteroatoms. The van der Waals surface area contributed by atoms with Crippen LogP contribution in [0.4, 0.5) is 0 Å². The average molecular weight is 466 g/mol. The second-order valence-electron chi connectivity index (χ2n) is 13.2. The first-order chi connectivity index (χ1) is 15.1. The van der Waals surface area contributed by atoms with Gasteiger partial charge in [0.05, 0.1) is 0 Å². The van der Waals surface area contributed by atoms with Crippen molar-refractivity contribution in [2.75, 3.05) is 32.7 Å². The summed E-state index contributed by atoms with van der Waals surface area (Å²) < 4.78 is 0. The molecule has 0 atom stereocenters. The minimum Gasteiger partial charge on any atom is -0.343 e. The normalized spacial score (nSPS) is 20.6. The molecule has 0 aromatic carbocycles. The third-order valence-corrected chi connectivity index (χ3v) is 6.58.